The molecule has 0 saturated heterocycles. The number of para-hydroxylation sites is 1. The van der Waals surface area contributed by atoms with Gasteiger partial charge in [-0.25, -0.2) is 4.39 Å². The molecule has 0 spiro atoms. The first-order chi connectivity index (χ1) is 8.61. The molecule has 1 heterocycles. The van der Waals surface area contributed by atoms with Crippen LogP contribution in [0.3, 0.4) is 0 Å². The third-order valence-electron chi connectivity index (χ3n) is 2.37. The Morgan fingerprint density at radius 1 is 1.44 bits per heavy atom. The van der Waals surface area contributed by atoms with Crippen LogP contribution in [-0.4, -0.2) is 18.1 Å². The van der Waals surface area contributed by atoms with Crippen molar-refractivity contribution in [3.8, 4) is 0 Å². The van der Waals surface area contributed by atoms with Gasteiger partial charge in [0, 0.05) is 13.1 Å². The monoisotopic (exact) mass is 249 g/mol. The summed E-state index contributed by atoms with van der Waals surface area (Å²) in [6, 6.07) is 5.85. The molecule has 6 heteroatoms. The average molecular weight is 249 g/mol. The summed E-state index contributed by atoms with van der Waals surface area (Å²) in [4.78, 5) is 11.9. The van der Waals surface area contributed by atoms with Gasteiger partial charge in [-0.05, 0) is 19.1 Å². The van der Waals surface area contributed by atoms with E-state index in [0.717, 1.165) is 0 Å². The summed E-state index contributed by atoms with van der Waals surface area (Å²) in [5, 5.41) is 8.80. The first-order valence-corrected chi connectivity index (χ1v) is 5.32. The second kappa shape index (κ2) is 4.87. The predicted octanol–water partition coefficient (Wildman–Crippen LogP) is 2.42. The number of rotatable bonds is 3. The maximum absolute atomic E-state index is 13.5. The molecule has 0 unspecified atom stereocenters. The number of aromatic nitrogens is 1. The van der Waals surface area contributed by atoms with Gasteiger partial charge in [0.1, 0.15) is 5.82 Å². The number of carbonyl (C=O) groups is 1. The van der Waals surface area contributed by atoms with E-state index in [2.05, 4.69) is 15.8 Å². The minimum absolute atomic E-state index is 0.145. The summed E-state index contributed by atoms with van der Waals surface area (Å²) in [6.07, 6.45) is 0. The van der Waals surface area contributed by atoms with Crippen LogP contribution in [0.15, 0.2) is 28.8 Å². The van der Waals surface area contributed by atoms with Crippen LogP contribution in [-0.2, 0) is 0 Å². The van der Waals surface area contributed by atoms with Crippen LogP contribution >= 0.6 is 0 Å². The molecule has 0 aliphatic carbocycles. The van der Waals surface area contributed by atoms with Gasteiger partial charge in [0.15, 0.2) is 0 Å². The van der Waals surface area contributed by atoms with Crippen LogP contribution in [0.4, 0.5) is 16.0 Å². The van der Waals surface area contributed by atoms with Gasteiger partial charge in [-0.2, -0.15) is 0 Å². The molecular weight excluding hydrogens is 237 g/mol. The van der Waals surface area contributed by atoms with Crippen LogP contribution in [0.2, 0.25) is 0 Å². The van der Waals surface area contributed by atoms with Gasteiger partial charge in [-0.1, -0.05) is 11.2 Å². The van der Waals surface area contributed by atoms with Crippen molar-refractivity contribution in [1.29, 1.82) is 0 Å². The third-order valence-corrected chi connectivity index (χ3v) is 2.37. The van der Waals surface area contributed by atoms with Crippen molar-refractivity contribution in [3.05, 3.63) is 41.3 Å². The Bertz CT molecular complexity index is 580. The lowest BCUT2D eigenvalue weighted by Crippen LogP contribution is -2.14. The zero-order chi connectivity index (χ0) is 13.1. The summed E-state index contributed by atoms with van der Waals surface area (Å²) in [5.41, 5.74) is 0.996. The zero-order valence-electron chi connectivity index (χ0n) is 9.95. The fraction of sp³-hybridized carbons (Fsp3) is 0.167. The van der Waals surface area contributed by atoms with Crippen molar-refractivity contribution in [2.75, 3.05) is 17.7 Å². The number of nitrogens with one attached hydrogen (secondary N) is 2. The number of hydrogen-bond acceptors (Lipinski definition) is 4. The average Bonchev–Trinajstić information content (AvgIpc) is 2.74. The molecule has 0 bridgehead atoms. The molecule has 0 fully saturated rings. The molecule has 1 aromatic carbocycles. The van der Waals surface area contributed by atoms with Crippen LogP contribution in [0, 0.1) is 12.7 Å². The number of hydrogen-bond donors (Lipinski definition) is 2. The van der Waals surface area contributed by atoms with Gasteiger partial charge >= 0.3 is 0 Å². The van der Waals surface area contributed by atoms with E-state index in [-0.39, 0.29) is 17.1 Å². The van der Waals surface area contributed by atoms with Gasteiger partial charge in [0.25, 0.3) is 5.91 Å². The molecule has 1 amide bonds. The number of nitrogens with zero attached hydrogens (tertiary/aromatic N) is 1. The molecule has 2 aromatic rings. The fourth-order valence-corrected chi connectivity index (χ4v) is 1.57. The van der Waals surface area contributed by atoms with Crippen molar-refractivity contribution < 1.29 is 13.7 Å². The SMILES string of the molecule is CNc1c(F)cccc1C(=O)Nc1cc(C)no1. The molecule has 2 rings (SSSR count). The first kappa shape index (κ1) is 12.1. The minimum Gasteiger partial charge on any atom is -0.385 e. The second-order valence-electron chi connectivity index (χ2n) is 3.70. The van der Waals surface area contributed by atoms with Crippen molar-refractivity contribution >= 4 is 17.5 Å². The van der Waals surface area contributed by atoms with Crippen molar-refractivity contribution in [2.45, 2.75) is 6.92 Å². The van der Waals surface area contributed by atoms with Gasteiger partial charge in [0.05, 0.1) is 16.9 Å². The molecule has 0 radical (unpaired) electrons. The van der Waals surface area contributed by atoms with Gasteiger partial charge in [0.2, 0.25) is 5.88 Å². The number of halogens is 1. The Hall–Kier alpha value is -2.37. The highest BCUT2D eigenvalue weighted by atomic mass is 19.1. The van der Waals surface area contributed by atoms with E-state index in [9.17, 15) is 9.18 Å². The Morgan fingerprint density at radius 3 is 2.83 bits per heavy atom. The smallest absolute Gasteiger partial charge is 0.260 e. The van der Waals surface area contributed by atoms with Crippen LogP contribution in [0.5, 0.6) is 0 Å². The zero-order valence-corrected chi connectivity index (χ0v) is 9.95. The third kappa shape index (κ3) is 2.32. The molecule has 18 heavy (non-hydrogen) atoms. The van der Waals surface area contributed by atoms with Crippen molar-refractivity contribution in [3.63, 3.8) is 0 Å². The summed E-state index contributed by atoms with van der Waals surface area (Å²) in [5.74, 6) is -0.724. The molecule has 0 saturated carbocycles. The maximum Gasteiger partial charge on any atom is 0.260 e. The quantitative estimate of drug-likeness (QED) is 0.876. The fourth-order valence-electron chi connectivity index (χ4n) is 1.57. The molecule has 94 valence electrons. The van der Waals surface area contributed by atoms with Gasteiger partial charge < -0.3 is 9.84 Å². The molecule has 5 nitrogen and oxygen atoms in total. The van der Waals surface area contributed by atoms with Crippen LogP contribution in [0.25, 0.3) is 0 Å². The highest BCUT2D eigenvalue weighted by Crippen LogP contribution is 2.20. The molecular formula is C12H12FN3O2. The Morgan fingerprint density at radius 2 is 2.22 bits per heavy atom. The lowest BCUT2D eigenvalue weighted by Gasteiger charge is -2.08. The van der Waals surface area contributed by atoms with Gasteiger partial charge in [-0.3, -0.25) is 10.1 Å². The number of aryl methyl sites for hydroxylation is 1. The van der Waals surface area contributed by atoms with E-state index in [1.54, 1.807) is 20.0 Å². The van der Waals surface area contributed by atoms with Gasteiger partial charge in [-0.15, -0.1) is 0 Å². The second-order valence-corrected chi connectivity index (χ2v) is 3.70. The topological polar surface area (TPSA) is 67.2 Å². The molecule has 0 aliphatic heterocycles. The van der Waals surface area contributed by atoms with E-state index in [1.807, 2.05) is 0 Å². The summed E-state index contributed by atoms with van der Waals surface area (Å²) in [7, 11) is 1.55. The normalized spacial score (nSPS) is 10.2. The number of amides is 1. The minimum atomic E-state index is -0.487. The number of anilines is 2. The summed E-state index contributed by atoms with van der Waals surface area (Å²) in [6.45, 7) is 1.74. The van der Waals surface area contributed by atoms with E-state index in [1.165, 1.54) is 18.2 Å². The van der Waals surface area contributed by atoms with E-state index in [0.29, 0.717) is 5.69 Å². The maximum atomic E-state index is 13.5. The molecule has 1 aromatic heterocycles. The highest BCUT2D eigenvalue weighted by molar-refractivity contribution is 6.07. The standard InChI is InChI=1S/C12H12FN3O2/c1-7-6-10(18-16-7)15-12(17)8-4-3-5-9(13)11(8)14-2/h3-6,14H,1-2H3,(H,15,17). The Labute approximate surface area is 103 Å². The van der Waals surface area contributed by atoms with E-state index >= 15 is 0 Å². The molecule has 0 aliphatic rings. The lowest BCUT2D eigenvalue weighted by molar-refractivity contribution is 0.102. The predicted molar refractivity (Wildman–Crippen MR) is 65.1 cm³/mol. The van der Waals surface area contributed by atoms with Crippen LogP contribution < -0.4 is 10.6 Å². The Balaban J connectivity index is 2.26. The molecule has 2 N–H and O–H groups in total. The van der Waals surface area contributed by atoms with E-state index < -0.39 is 11.7 Å². The number of carbonyl (C=O) groups excluding carboxylic acids is 1. The summed E-state index contributed by atoms with van der Waals surface area (Å²) >= 11 is 0. The highest BCUT2D eigenvalue weighted by Gasteiger charge is 2.15. The lowest BCUT2D eigenvalue weighted by atomic mass is 10.1. The Kier molecular flexibility index (Phi) is 3.27. The van der Waals surface area contributed by atoms with Crippen molar-refractivity contribution in [2.24, 2.45) is 0 Å². The number of benzene rings is 1. The molecule has 0 atom stereocenters. The van der Waals surface area contributed by atoms with E-state index in [4.69, 9.17) is 4.52 Å². The largest absolute Gasteiger partial charge is 0.385 e. The van der Waals surface area contributed by atoms with Crippen LogP contribution in [0.1, 0.15) is 16.1 Å². The summed E-state index contributed by atoms with van der Waals surface area (Å²) < 4.78 is 18.3. The van der Waals surface area contributed by atoms with Crippen molar-refractivity contribution in [1.82, 2.24) is 5.16 Å². The first-order valence-electron chi connectivity index (χ1n) is 5.32.